The van der Waals surface area contributed by atoms with Crippen LogP contribution in [0.1, 0.15) is 40.1 Å². The van der Waals surface area contributed by atoms with E-state index in [2.05, 4.69) is 29.0 Å². The Morgan fingerprint density at radius 3 is 2.82 bits per heavy atom. The van der Waals surface area contributed by atoms with Crippen molar-refractivity contribution in [3.8, 4) is 5.75 Å². The van der Waals surface area contributed by atoms with Crippen molar-refractivity contribution in [3.05, 3.63) is 96.0 Å². The summed E-state index contributed by atoms with van der Waals surface area (Å²) in [6, 6.07) is 11.2. The van der Waals surface area contributed by atoms with Gasteiger partial charge in [-0.25, -0.2) is 0 Å². The number of anilines is 1. The molecule has 8 heteroatoms. The Kier molecular flexibility index (Phi) is 6.73. The van der Waals surface area contributed by atoms with E-state index < -0.39 is 0 Å². The molecule has 0 fully saturated rings. The number of para-hydroxylation sites is 1. The number of hydrogen-bond acceptors (Lipinski definition) is 5. The summed E-state index contributed by atoms with van der Waals surface area (Å²) in [4.78, 5) is 12.6. The summed E-state index contributed by atoms with van der Waals surface area (Å²) in [7, 11) is 0. The van der Waals surface area contributed by atoms with Crippen LogP contribution in [0.25, 0.3) is 0 Å². The van der Waals surface area contributed by atoms with Crippen LogP contribution in [0, 0.1) is 6.92 Å². The molecule has 0 aliphatic heterocycles. The standard InChI is InChI=1S/C25H27N5O3/c1-4-8-19-9-6-7-10-23(19)32-17-22-11-12-24(33-22)25(31)28-21-14-26-29(16-21)15-20-13-27-30(5-2)18(20)3/h4,6-7,9-14,16H,1,5,8,15,17H2,2-3H3,(H,28,31). The van der Waals surface area contributed by atoms with Crippen molar-refractivity contribution < 1.29 is 13.9 Å². The summed E-state index contributed by atoms with van der Waals surface area (Å²) >= 11 is 0. The van der Waals surface area contributed by atoms with Crippen LogP contribution in [0.5, 0.6) is 5.75 Å². The van der Waals surface area contributed by atoms with E-state index in [9.17, 15) is 4.79 Å². The molecule has 0 saturated heterocycles. The van der Waals surface area contributed by atoms with Gasteiger partial charge in [0.2, 0.25) is 0 Å². The first kappa shape index (κ1) is 22.1. The third-order valence-corrected chi connectivity index (χ3v) is 5.32. The van der Waals surface area contributed by atoms with Crippen molar-refractivity contribution in [1.29, 1.82) is 0 Å². The van der Waals surface area contributed by atoms with Crippen LogP contribution in [0.3, 0.4) is 0 Å². The van der Waals surface area contributed by atoms with E-state index in [1.54, 1.807) is 29.2 Å². The Morgan fingerprint density at radius 2 is 2.03 bits per heavy atom. The number of carbonyl (C=O) groups is 1. The van der Waals surface area contributed by atoms with E-state index in [0.717, 1.165) is 35.5 Å². The van der Waals surface area contributed by atoms with Crippen molar-refractivity contribution in [2.75, 3.05) is 5.32 Å². The lowest BCUT2D eigenvalue weighted by molar-refractivity contribution is 0.0992. The van der Waals surface area contributed by atoms with E-state index in [-0.39, 0.29) is 18.3 Å². The molecule has 33 heavy (non-hydrogen) atoms. The zero-order valence-electron chi connectivity index (χ0n) is 18.8. The van der Waals surface area contributed by atoms with Gasteiger partial charge in [-0.15, -0.1) is 6.58 Å². The first-order chi connectivity index (χ1) is 16.1. The molecule has 3 heterocycles. The van der Waals surface area contributed by atoms with E-state index in [1.807, 2.05) is 48.1 Å². The monoisotopic (exact) mass is 445 g/mol. The number of hydrogen-bond donors (Lipinski definition) is 1. The van der Waals surface area contributed by atoms with Gasteiger partial charge in [0.15, 0.2) is 5.76 Å². The molecular weight excluding hydrogens is 418 g/mol. The number of furan rings is 1. The molecule has 0 atom stereocenters. The molecule has 1 N–H and O–H groups in total. The van der Waals surface area contributed by atoms with Crippen LogP contribution >= 0.6 is 0 Å². The first-order valence-corrected chi connectivity index (χ1v) is 10.8. The number of benzene rings is 1. The largest absolute Gasteiger partial charge is 0.485 e. The fourth-order valence-electron chi connectivity index (χ4n) is 3.54. The molecule has 1 amide bonds. The number of carbonyl (C=O) groups excluding carboxylic acids is 1. The minimum absolute atomic E-state index is 0.209. The topological polar surface area (TPSA) is 87.1 Å². The summed E-state index contributed by atoms with van der Waals surface area (Å²) < 4.78 is 15.3. The fraction of sp³-hybridized carbons (Fsp3) is 0.240. The van der Waals surface area contributed by atoms with Gasteiger partial charge in [0.25, 0.3) is 5.91 Å². The van der Waals surface area contributed by atoms with Crippen LogP contribution in [-0.2, 0) is 26.1 Å². The average Bonchev–Trinajstić information content (AvgIpc) is 3.55. The summed E-state index contributed by atoms with van der Waals surface area (Å²) in [6.07, 6.45) is 7.79. The Balaban J connectivity index is 1.34. The van der Waals surface area contributed by atoms with Crippen LogP contribution in [0.2, 0.25) is 0 Å². The van der Waals surface area contributed by atoms with Crippen molar-refractivity contribution in [3.63, 3.8) is 0 Å². The lowest BCUT2D eigenvalue weighted by atomic mass is 10.1. The number of ether oxygens (including phenoxy) is 1. The highest BCUT2D eigenvalue weighted by Gasteiger charge is 2.14. The highest BCUT2D eigenvalue weighted by Crippen LogP contribution is 2.21. The van der Waals surface area contributed by atoms with Crippen molar-refractivity contribution >= 4 is 11.6 Å². The highest BCUT2D eigenvalue weighted by atomic mass is 16.5. The molecule has 3 aromatic heterocycles. The van der Waals surface area contributed by atoms with Gasteiger partial charge in [0, 0.05) is 24.0 Å². The lowest BCUT2D eigenvalue weighted by Crippen LogP contribution is -2.10. The Morgan fingerprint density at radius 1 is 1.18 bits per heavy atom. The predicted octanol–water partition coefficient (Wildman–Crippen LogP) is 4.61. The molecule has 1 aromatic carbocycles. The third kappa shape index (κ3) is 5.23. The molecule has 0 radical (unpaired) electrons. The van der Waals surface area contributed by atoms with E-state index >= 15 is 0 Å². The normalized spacial score (nSPS) is 10.8. The molecule has 0 unspecified atom stereocenters. The number of amides is 1. The van der Waals surface area contributed by atoms with Crippen molar-refractivity contribution in [2.24, 2.45) is 0 Å². The van der Waals surface area contributed by atoms with E-state index in [4.69, 9.17) is 9.15 Å². The van der Waals surface area contributed by atoms with Gasteiger partial charge in [-0.05, 0) is 44.0 Å². The molecule has 0 spiro atoms. The average molecular weight is 446 g/mol. The van der Waals surface area contributed by atoms with Crippen LogP contribution in [-0.4, -0.2) is 25.5 Å². The summed E-state index contributed by atoms with van der Waals surface area (Å²) in [5, 5.41) is 11.5. The molecule has 4 rings (SSSR count). The zero-order chi connectivity index (χ0) is 23.2. The second-order valence-electron chi connectivity index (χ2n) is 7.61. The number of nitrogens with one attached hydrogen (secondary N) is 1. The fourth-order valence-corrected chi connectivity index (χ4v) is 3.54. The summed E-state index contributed by atoms with van der Waals surface area (Å²) in [5.41, 5.74) is 3.83. The minimum Gasteiger partial charge on any atom is -0.485 e. The quantitative estimate of drug-likeness (QED) is 0.360. The maximum atomic E-state index is 12.6. The third-order valence-electron chi connectivity index (χ3n) is 5.32. The van der Waals surface area contributed by atoms with Crippen LogP contribution in [0.15, 0.2) is 72.1 Å². The van der Waals surface area contributed by atoms with Gasteiger partial charge in [-0.2, -0.15) is 10.2 Å². The minimum atomic E-state index is -0.345. The first-order valence-electron chi connectivity index (χ1n) is 10.8. The molecule has 170 valence electrons. The molecule has 8 nitrogen and oxygen atoms in total. The smallest absolute Gasteiger partial charge is 0.291 e. The van der Waals surface area contributed by atoms with Gasteiger partial charge in [-0.1, -0.05) is 24.3 Å². The highest BCUT2D eigenvalue weighted by molar-refractivity contribution is 6.02. The van der Waals surface area contributed by atoms with Gasteiger partial charge in [0.1, 0.15) is 18.1 Å². The summed E-state index contributed by atoms with van der Waals surface area (Å²) in [6.45, 7) is 9.50. The van der Waals surface area contributed by atoms with Gasteiger partial charge in [-0.3, -0.25) is 14.2 Å². The lowest BCUT2D eigenvalue weighted by Gasteiger charge is -2.08. The Labute approximate surface area is 192 Å². The van der Waals surface area contributed by atoms with Gasteiger partial charge < -0.3 is 14.5 Å². The van der Waals surface area contributed by atoms with E-state index in [1.165, 1.54) is 0 Å². The summed E-state index contributed by atoms with van der Waals surface area (Å²) in [5.74, 6) is 1.20. The maximum Gasteiger partial charge on any atom is 0.291 e. The maximum absolute atomic E-state index is 12.6. The second kappa shape index (κ2) is 10.0. The molecule has 0 aliphatic carbocycles. The van der Waals surface area contributed by atoms with Gasteiger partial charge >= 0.3 is 0 Å². The number of rotatable bonds is 10. The van der Waals surface area contributed by atoms with E-state index in [0.29, 0.717) is 18.0 Å². The van der Waals surface area contributed by atoms with Crippen molar-refractivity contribution in [1.82, 2.24) is 19.6 Å². The molecule has 0 saturated carbocycles. The van der Waals surface area contributed by atoms with Crippen molar-refractivity contribution in [2.45, 2.75) is 40.0 Å². The second-order valence-corrected chi connectivity index (χ2v) is 7.61. The zero-order valence-corrected chi connectivity index (χ0v) is 18.8. The van der Waals surface area contributed by atoms with Crippen LogP contribution in [0.4, 0.5) is 5.69 Å². The Bertz CT molecular complexity index is 1250. The number of aromatic nitrogens is 4. The number of allylic oxidation sites excluding steroid dienone is 1. The SMILES string of the molecule is C=CCc1ccccc1OCc1ccc(C(=O)Nc2cnn(Cc3cnn(CC)c3C)c2)o1. The van der Waals surface area contributed by atoms with Gasteiger partial charge in [0.05, 0.1) is 24.6 Å². The predicted molar refractivity (Wildman–Crippen MR) is 125 cm³/mol. The number of aryl methyl sites for hydroxylation is 1. The van der Waals surface area contributed by atoms with Crippen LogP contribution < -0.4 is 10.1 Å². The Hall–Kier alpha value is -4.07. The molecule has 0 aliphatic rings. The molecule has 4 aromatic rings. The molecule has 0 bridgehead atoms. The molecular formula is C25H27N5O3. The number of nitrogens with zero attached hydrogens (tertiary/aromatic N) is 4.